The number of ether oxygens (including phenoxy) is 1. The van der Waals surface area contributed by atoms with Gasteiger partial charge in [-0.05, 0) is 48.6 Å². The molecular formula is C30H50N2O. The van der Waals surface area contributed by atoms with E-state index in [2.05, 4.69) is 47.9 Å². The number of unbranched alkanes of at least 4 members (excludes halogenated alkanes) is 3. The summed E-state index contributed by atoms with van der Waals surface area (Å²) >= 11 is 0. The molecule has 1 saturated carbocycles. The second-order valence-corrected chi connectivity index (χ2v) is 11.2. The van der Waals surface area contributed by atoms with Crippen LogP contribution in [0.5, 0.6) is 0 Å². The van der Waals surface area contributed by atoms with Crippen LogP contribution in [0.1, 0.15) is 95.6 Å². The maximum Gasteiger partial charge on any atom is 0.0594 e. The summed E-state index contributed by atoms with van der Waals surface area (Å²) in [5.74, 6) is 1.70. The molecule has 0 bridgehead atoms. The lowest BCUT2D eigenvalue weighted by molar-refractivity contribution is 0.0228. The van der Waals surface area contributed by atoms with Crippen molar-refractivity contribution >= 4 is 0 Å². The minimum Gasteiger partial charge on any atom is -0.379 e. The summed E-state index contributed by atoms with van der Waals surface area (Å²) < 4.78 is 5.60. The third kappa shape index (κ3) is 6.03. The van der Waals surface area contributed by atoms with Gasteiger partial charge in [0.25, 0.3) is 0 Å². The molecule has 1 saturated heterocycles. The highest BCUT2D eigenvalue weighted by molar-refractivity contribution is 5.39. The van der Waals surface area contributed by atoms with E-state index in [4.69, 9.17) is 4.74 Å². The number of rotatable bonds is 12. The van der Waals surface area contributed by atoms with Gasteiger partial charge in [0, 0.05) is 44.7 Å². The van der Waals surface area contributed by atoms with Gasteiger partial charge in [-0.2, -0.15) is 0 Å². The number of morpholine rings is 1. The summed E-state index contributed by atoms with van der Waals surface area (Å²) in [5, 5.41) is 0. The third-order valence-corrected chi connectivity index (χ3v) is 9.09. The Kier molecular flexibility index (Phi) is 9.70. The van der Waals surface area contributed by atoms with Gasteiger partial charge in [-0.15, -0.1) is 0 Å². The Hall–Kier alpha value is -0.900. The minimum atomic E-state index is 0.360. The third-order valence-electron chi connectivity index (χ3n) is 9.09. The molecule has 186 valence electrons. The van der Waals surface area contributed by atoms with Crippen LogP contribution in [0, 0.1) is 11.8 Å². The van der Waals surface area contributed by atoms with Gasteiger partial charge >= 0.3 is 0 Å². The van der Waals surface area contributed by atoms with Crippen molar-refractivity contribution in [3.63, 3.8) is 0 Å². The second-order valence-electron chi connectivity index (χ2n) is 11.2. The van der Waals surface area contributed by atoms with Gasteiger partial charge in [0.15, 0.2) is 0 Å². The van der Waals surface area contributed by atoms with Gasteiger partial charge in [-0.25, -0.2) is 0 Å². The van der Waals surface area contributed by atoms with Crippen LogP contribution in [-0.2, 0) is 16.7 Å². The van der Waals surface area contributed by atoms with Gasteiger partial charge in [0.2, 0.25) is 0 Å². The van der Waals surface area contributed by atoms with Crippen LogP contribution in [0.3, 0.4) is 0 Å². The zero-order chi connectivity index (χ0) is 22.9. The van der Waals surface area contributed by atoms with Crippen molar-refractivity contribution in [1.29, 1.82) is 0 Å². The van der Waals surface area contributed by atoms with Crippen molar-refractivity contribution in [1.82, 2.24) is 9.80 Å². The molecule has 2 fully saturated rings. The van der Waals surface area contributed by atoms with Crippen molar-refractivity contribution in [2.75, 3.05) is 45.9 Å². The molecule has 3 aliphatic rings. The second kappa shape index (κ2) is 12.7. The maximum absolute atomic E-state index is 5.60. The fourth-order valence-corrected chi connectivity index (χ4v) is 7.43. The van der Waals surface area contributed by atoms with Crippen LogP contribution < -0.4 is 0 Å². The van der Waals surface area contributed by atoms with Crippen LogP contribution in [0.2, 0.25) is 0 Å². The first kappa shape index (κ1) is 25.2. The Bertz CT molecular complexity index is 694. The summed E-state index contributed by atoms with van der Waals surface area (Å²) in [5.41, 5.74) is 3.74. The first-order valence-corrected chi connectivity index (χ1v) is 14.4. The quantitative estimate of drug-likeness (QED) is 0.329. The van der Waals surface area contributed by atoms with Crippen molar-refractivity contribution in [2.45, 2.75) is 96.4 Å². The fourth-order valence-electron chi connectivity index (χ4n) is 7.43. The van der Waals surface area contributed by atoms with E-state index >= 15 is 0 Å². The van der Waals surface area contributed by atoms with Crippen LogP contribution >= 0.6 is 0 Å². The van der Waals surface area contributed by atoms with E-state index < -0.39 is 0 Å². The largest absolute Gasteiger partial charge is 0.379 e. The highest BCUT2D eigenvalue weighted by Crippen LogP contribution is 2.53. The Labute approximate surface area is 204 Å². The zero-order valence-electron chi connectivity index (χ0n) is 21.7. The number of fused-ring (bicyclic) bond motifs is 1. The topological polar surface area (TPSA) is 15.7 Å². The highest BCUT2D eigenvalue weighted by Gasteiger charge is 2.50. The van der Waals surface area contributed by atoms with Gasteiger partial charge in [-0.3, -0.25) is 9.80 Å². The maximum atomic E-state index is 5.60. The highest BCUT2D eigenvalue weighted by atomic mass is 16.5. The molecule has 4 rings (SSSR count). The molecule has 0 spiro atoms. The van der Waals surface area contributed by atoms with E-state index in [1.54, 1.807) is 11.1 Å². The van der Waals surface area contributed by atoms with Gasteiger partial charge < -0.3 is 4.74 Å². The number of benzene rings is 1. The summed E-state index contributed by atoms with van der Waals surface area (Å²) in [6.45, 7) is 13.6. The van der Waals surface area contributed by atoms with Crippen molar-refractivity contribution < 1.29 is 4.74 Å². The van der Waals surface area contributed by atoms with E-state index in [0.29, 0.717) is 5.41 Å². The van der Waals surface area contributed by atoms with Gasteiger partial charge in [-0.1, -0.05) is 83.1 Å². The Balaban J connectivity index is 1.61. The molecule has 3 heteroatoms. The molecule has 3 nitrogen and oxygen atoms in total. The number of hydrogen-bond acceptors (Lipinski definition) is 3. The average molecular weight is 455 g/mol. The summed E-state index contributed by atoms with van der Waals surface area (Å²) in [6.07, 6.45) is 15.5. The molecule has 0 N–H and O–H groups in total. The summed E-state index contributed by atoms with van der Waals surface area (Å²) in [6, 6.07) is 9.63. The minimum absolute atomic E-state index is 0.360. The molecular weight excluding hydrogens is 404 g/mol. The van der Waals surface area contributed by atoms with Gasteiger partial charge in [0.05, 0.1) is 13.2 Å². The molecule has 0 aromatic heterocycles. The Morgan fingerprint density at radius 1 is 0.909 bits per heavy atom. The summed E-state index contributed by atoms with van der Waals surface area (Å²) in [7, 11) is 0. The van der Waals surface area contributed by atoms with Crippen LogP contribution in [-0.4, -0.2) is 55.7 Å². The van der Waals surface area contributed by atoms with Gasteiger partial charge in [0.1, 0.15) is 0 Å². The normalized spacial score (nSPS) is 25.9. The van der Waals surface area contributed by atoms with E-state index in [0.717, 1.165) is 44.7 Å². The van der Waals surface area contributed by atoms with Crippen LogP contribution in [0.25, 0.3) is 0 Å². The van der Waals surface area contributed by atoms with Crippen molar-refractivity contribution in [2.24, 2.45) is 11.8 Å². The molecule has 33 heavy (non-hydrogen) atoms. The van der Waals surface area contributed by atoms with E-state index in [1.165, 1.54) is 90.3 Å². The molecule has 2 aliphatic heterocycles. The first-order chi connectivity index (χ1) is 16.3. The lowest BCUT2D eigenvalue weighted by Gasteiger charge is -2.53. The molecule has 1 aliphatic carbocycles. The van der Waals surface area contributed by atoms with E-state index in [-0.39, 0.29) is 0 Å². The van der Waals surface area contributed by atoms with Crippen molar-refractivity contribution in [3.05, 3.63) is 35.4 Å². The smallest absolute Gasteiger partial charge is 0.0594 e. The fraction of sp³-hybridized carbons (Fsp3) is 0.800. The van der Waals surface area contributed by atoms with Crippen LogP contribution in [0.15, 0.2) is 24.3 Å². The Morgan fingerprint density at radius 2 is 1.67 bits per heavy atom. The molecule has 1 aromatic carbocycles. The molecule has 1 aromatic rings. The SMILES string of the molecule is CCCCCCC(CCC)C1(C2CCCC2)CN(CCN2CCOCC2)Cc2ccccc21. The molecule has 2 atom stereocenters. The predicted octanol–water partition coefficient (Wildman–Crippen LogP) is 6.65. The molecule has 0 amide bonds. The summed E-state index contributed by atoms with van der Waals surface area (Å²) in [4.78, 5) is 5.47. The Morgan fingerprint density at radius 3 is 2.42 bits per heavy atom. The first-order valence-electron chi connectivity index (χ1n) is 14.4. The molecule has 2 unspecified atom stereocenters. The van der Waals surface area contributed by atoms with Crippen LogP contribution in [0.4, 0.5) is 0 Å². The zero-order valence-corrected chi connectivity index (χ0v) is 21.7. The molecule has 0 radical (unpaired) electrons. The average Bonchev–Trinajstić information content (AvgIpc) is 3.40. The van der Waals surface area contributed by atoms with E-state index in [9.17, 15) is 0 Å². The van der Waals surface area contributed by atoms with E-state index in [1.807, 2.05) is 0 Å². The number of nitrogens with zero attached hydrogens (tertiary/aromatic N) is 2. The van der Waals surface area contributed by atoms with Crippen molar-refractivity contribution in [3.8, 4) is 0 Å². The molecule has 2 heterocycles. The lowest BCUT2D eigenvalue weighted by Crippen LogP contribution is -2.55. The standard InChI is InChI=1S/C30H50N2O/c1-3-5-6-7-14-27(12-4-2)30(28-15-9-10-16-28)25-32(19-18-31-20-22-33-23-21-31)24-26-13-8-11-17-29(26)30/h8,11,13,17,27-28H,3-7,9-10,12,14-16,18-25H2,1-2H3. The monoisotopic (exact) mass is 454 g/mol. The number of hydrogen-bond donors (Lipinski definition) is 0. The lowest BCUT2D eigenvalue weighted by atomic mass is 9.57. The predicted molar refractivity (Wildman–Crippen MR) is 140 cm³/mol.